The van der Waals surface area contributed by atoms with Gasteiger partial charge >= 0.3 is 0 Å². The van der Waals surface area contributed by atoms with E-state index < -0.39 is 41.9 Å². The van der Waals surface area contributed by atoms with Gasteiger partial charge in [-0.25, -0.2) is 0 Å². The number of aliphatic hydroxyl groups excluding tert-OH is 4. The molecule has 0 amide bonds. The molecule has 4 aliphatic rings. The summed E-state index contributed by atoms with van der Waals surface area (Å²) in [6.45, 7) is 3.33. The quantitative estimate of drug-likeness (QED) is 0.508. The van der Waals surface area contributed by atoms with E-state index in [0.717, 1.165) is 5.56 Å². The smallest absolute Gasteiger partial charge is 0.154 e. The van der Waals surface area contributed by atoms with Crippen molar-refractivity contribution >= 4 is 5.78 Å². The lowest BCUT2D eigenvalue weighted by Gasteiger charge is -2.66. The second-order valence-corrected chi connectivity index (χ2v) is 8.29. The molecule has 5 atom stereocenters. The number of rotatable bonds is 5. The van der Waals surface area contributed by atoms with Crippen LogP contribution < -0.4 is 0 Å². The summed E-state index contributed by atoms with van der Waals surface area (Å²) in [6.07, 6.45) is -4.56. The van der Waals surface area contributed by atoms with Crippen LogP contribution in [0.1, 0.15) is 12.5 Å². The molecule has 5 rings (SSSR count). The van der Waals surface area contributed by atoms with E-state index in [1.54, 1.807) is 0 Å². The molecule has 0 radical (unpaired) electrons. The van der Waals surface area contributed by atoms with Gasteiger partial charge in [0.05, 0.1) is 23.6 Å². The number of aliphatic hydroxyl groups is 4. The van der Waals surface area contributed by atoms with Gasteiger partial charge in [0.25, 0.3) is 0 Å². The number of benzene rings is 1. The van der Waals surface area contributed by atoms with Crippen molar-refractivity contribution in [2.24, 2.45) is 5.41 Å². The SMILES string of the molecule is CC12CN3CC(c4ccccc4)(CN(C1)C3[C@H](O)[C@H](O)[C@@H](O)CO)C2=O. The van der Waals surface area contributed by atoms with Crippen LogP contribution in [0, 0.1) is 5.41 Å². The summed E-state index contributed by atoms with van der Waals surface area (Å²) >= 11 is 0. The van der Waals surface area contributed by atoms with Crippen LogP contribution in [-0.2, 0) is 10.2 Å². The Morgan fingerprint density at radius 1 is 1.08 bits per heavy atom. The lowest BCUT2D eigenvalue weighted by molar-refractivity contribution is -0.216. The van der Waals surface area contributed by atoms with Crippen molar-refractivity contribution in [3.8, 4) is 0 Å². The molecule has 4 fully saturated rings. The maximum atomic E-state index is 13.3. The van der Waals surface area contributed by atoms with Crippen molar-refractivity contribution in [1.29, 1.82) is 0 Å². The molecule has 4 N–H and O–H groups in total. The first kappa shape index (κ1) is 18.0. The fraction of sp³-hybridized carbons (Fsp3) is 0.632. The number of hydrogen-bond donors (Lipinski definition) is 4. The first-order chi connectivity index (χ1) is 12.3. The molecule has 1 aromatic carbocycles. The van der Waals surface area contributed by atoms with Gasteiger partial charge in [-0.2, -0.15) is 0 Å². The van der Waals surface area contributed by atoms with Crippen molar-refractivity contribution in [3.05, 3.63) is 35.9 Å². The Kier molecular flexibility index (Phi) is 4.22. The highest BCUT2D eigenvalue weighted by molar-refractivity contribution is 5.97. The molecule has 4 heterocycles. The maximum Gasteiger partial charge on any atom is 0.154 e. The van der Waals surface area contributed by atoms with E-state index in [-0.39, 0.29) is 5.78 Å². The molecule has 7 heteroatoms. The highest BCUT2D eigenvalue weighted by atomic mass is 16.4. The average molecular weight is 362 g/mol. The van der Waals surface area contributed by atoms with E-state index in [9.17, 15) is 20.1 Å². The predicted molar refractivity (Wildman–Crippen MR) is 93.3 cm³/mol. The van der Waals surface area contributed by atoms with E-state index in [1.807, 2.05) is 47.1 Å². The number of carbonyl (C=O) groups is 1. The normalized spacial score (nSPS) is 41.9. The standard InChI is InChI=1S/C19H26N2O5/c1-18-8-20-10-19(17(18)26,12-5-3-2-4-6-12)11-21(9-18)16(20)15(25)14(24)13(23)7-22/h2-6,13-16,22-25H,7-11H2,1H3/t13-,14+,15+,16?,18?,19?/m0/s1. The highest BCUT2D eigenvalue weighted by Gasteiger charge is 2.65. The third kappa shape index (κ3) is 2.39. The first-order valence-electron chi connectivity index (χ1n) is 9.06. The Bertz CT molecular complexity index is 680. The Morgan fingerprint density at radius 3 is 2.19 bits per heavy atom. The van der Waals surface area contributed by atoms with Crippen molar-refractivity contribution in [2.45, 2.75) is 36.8 Å². The van der Waals surface area contributed by atoms with Crippen LogP contribution in [0.4, 0.5) is 0 Å². The van der Waals surface area contributed by atoms with Gasteiger partial charge in [-0.1, -0.05) is 37.3 Å². The van der Waals surface area contributed by atoms with Gasteiger partial charge in [0.1, 0.15) is 18.3 Å². The lowest BCUT2D eigenvalue weighted by Crippen LogP contribution is -2.82. The Labute approximate surface area is 152 Å². The van der Waals surface area contributed by atoms with Crippen molar-refractivity contribution in [2.75, 3.05) is 32.8 Å². The summed E-state index contributed by atoms with van der Waals surface area (Å²) in [7, 11) is 0. The maximum absolute atomic E-state index is 13.3. The Balaban J connectivity index is 1.69. The molecule has 2 unspecified atom stereocenters. The second-order valence-electron chi connectivity index (χ2n) is 8.29. The lowest BCUT2D eigenvalue weighted by atomic mass is 9.58. The summed E-state index contributed by atoms with van der Waals surface area (Å²) in [4.78, 5) is 17.4. The van der Waals surface area contributed by atoms with Gasteiger partial charge in [0, 0.05) is 26.2 Å². The highest BCUT2D eigenvalue weighted by Crippen LogP contribution is 2.50. The molecule has 1 aromatic rings. The van der Waals surface area contributed by atoms with E-state index in [1.165, 1.54) is 0 Å². The molecule has 0 aliphatic carbocycles. The predicted octanol–water partition coefficient (Wildman–Crippen LogP) is -1.45. The molecule has 0 aromatic heterocycles. The minimum atomic E-state index is -1.45. The minimum absolute atomic E-state index is 0.243. The summed E-state index contributed by atoms with van der Waals surface area (Å²) in [6, 6.07) is 9.75. The number of ketones is 1. The minimum Gasteiger partial charge on any atom is -0.394 e. The van der Waals surface area contributed by atoms with E-state index >= 15 is 0 Å². The summed E-state index contributed by atoms with van der Waals surface area (Å²) < 4.78 is 0. The van der Waals surface area contributed by atoms with Gasteiger partial charge < -0.3 is 20.4 Å². The molecule has 142 valence electrons. The third-order valence-electron chi connectivity index (χ3n) is 6.34. The topological polar surface area (TPSA) is 104 Å². The molecular weight excluding hydrogens is 336 g/mol. The van der Waals surface area contributed by atoms with E-state index in [4.69, 9.17) is 5.11 Å². The molecular formula is C19H26N2O5. The van der Waals surface area contributed by atoms with Crippen LogP contribution in [0.25, 0.3) is 0 Å². The van der Waals surface area contributed by atoms with Crippen LogP contribution in [0.3, 0.4) is 0 Å². The fourth-order valence-electron chi connectivity index (χ4n) is 5.29. The largest absolute Gasteiger partial charge is 0.394 e. The van der Waals surface area contributed by atoms with Crippen LogP contribution in [-0.4, -0.2) is 93.3 Å². The molecule has 0 saturated carbocycles. The number of Topliss-reactive ketones (excluding diaryl/α,β-unsaturated/α-hetero) is 1. The Hall–Kier alpha value is -1.35. The van der Waals surface area contributed by atoms with Gasteiger partial charge in [-0.15, -0.1) is 0 Å². The number of nitrogens with zero attached hydrogens (tertiary/aromatic N) is 2. The first-order valence-corrected chi connectivity index (χ1v) is 9.06. The van der Waals surface area contributed by atoms with Crippen LogP contribution in [0.15, 0.2) is 30.3 Å². The monoisotopic (exact) mass is 362 g/mol. The van der Waals surface area contributed by atoms with Crippen LogP contribution in [0.5, 0.6) is 0 Å². The zero-order valence-electron chi connectivity index (χ0n) is 14.8. The average Bonchev–Trinajstić information content (AvgIpc) is 2.64. The van der Waals surface area contributed by atoms with Crippen molar-refractivity contribution in [3.63, 3.8) is 0 Å². The molecule has 4 aliphatic heterocycles. The zero-order valence-corrected chi connectivity index (χ0v) is 14.8. The van der Waals surface area contributed by atoms with Crippen molar-refractivity contribution < 1.29 is 25.2 Å². The van der Waals surface area contributed by atoms with Gasteiger partial charge in [0.15, 0.2) is 5.78 Å². The van der Waals surface area contributed by atoms with Gasteiger partial charge in [0.2, 0.25) is 0 Å². The van der Waals surface area contributed by atoms with Crippen LogP contribution >= 0.6 is 0 Å². The molecule has 4 saturated heterocycles. The number of piperidine rings is 2. The third-order valence-corrected chi connectivity index (χ3v) is 6.34. The van der Waals surface area contributed by atoms with Gasteiger partial charge in [-0.05, 0) is 5.56 Å². The summed E-state index contributed by atoms with van der Waals surface area (Å²) in [5, 5.41) is 39.7. The van der Waals surface area contributed by atoms with E-state index in [0.29, 0.717) is 26.2 Å². The summed E-state index contributed by atoms with van der Waals surface area (Å²) in [5.41, 5.74) is -0.179. The van der Waals surface area contributed by atoms with Crippen LogP contribution in [0.2, 0.25) is 0 Å². The van der Waals surface area contributed by atoms with Gasteiger partial charge in [-0.3, -0.25) is 14.6 Å². The zero-order chi connectivity index (χ0) is 18.7. The molecule has 0 spiro atoms. The molecule has 7 nitrogen and oxygen atoms in total. The number of carbonyl (C=O) groups excluding carboxylic acids is 1. The summed E-state index contributed by atoms with van der Waals surface area (Å²) in [5.74, 6) is 0.243. The second kappa shape index (κ2) is 6.09. The number of hydrogen-bond acceptors (Lipinski definition) is 7. The molecule has 4 bridgehead atoms. The molecule has 26 heavy (non-hydrogen) atoms. The van der Waals surface area contributed by atoms with Crippen molar-refractivity contribution in [1.82, 2.24) is 9.80 Å². The van der Waals surface area contributed by atoms with E-state index in [2.05, 4.69) is 0 Å². The fourth-order valence-corrected chi connectivity index (χ4v) is 5.29. The Morgan fingerprint density at radius 2 is 1.65 bits per heavy atom.